The van der Waals surface area contributed by atoms with Gasteiger partial charge in [0.15, 0.2) is 4.98 Å². The number of hydrogen-bond acceptors (Lipinski definition) is 5. The standard InChI is InChI=1S/C25H24N4O2/c26-29-19-14-13-18(17-19)25(30)31-16-8-2-1-7-15-27-24-20-9-3-5-11-22(20)28-23-12-6-4-10-21(23)24/h3-6,9-14,17H,1-2,7-8,15-16H2,(H-,27,28,30)/p+1/b25-18+. The van der Waals surface area contributed by atoms with Gasteiger partial charge < -0.3 is 15.2 Å². The second kappa shape index (κ2) is 9.77. The molecule has 6 nitrogen and oxygen atoms in total. The Balaban J connectivity index is 1.24. The minimum Gasteiger partial charge on any atom is -0.481 e. The predicted molar refractivity (Wildman–Crippen MR) is 124 cm³/mol. The fourth-order valence-corrected chi connectivity index (χ4v) is 3.70. The minimum atomic E-state index is -0.131. The van der Waals surface area contributed by atoms with Gasteiger partial charge >= 0.3 is 5.70 Å². The molecule has 1 heterocycles. The number of unbranched alkanes of at least 4 members (excludes halogenated alkanes) is 3. The summed E-state index contributed by atoms with van der Waals surface area (Å²) in [7, 11) is 0. The van der Waals surface area contributed by atoms with Crippen LogP contribution in [-0.4, -0.2) is 23.2 Å². The van der Waals surface area contributed by atoms with Gasteiger partial charge in [0.1, 0.15) is 0 Å². The van der Waals surface area contributed by atoms with Gasteiger partial charge in [-0.1, -0.05) is 42.8 Å². The number of fused-ring (bicyclic) bond motifs is 2. The Labute approximate surface area is 181 Å². The number of nitrogens with one attached hydrogen (secondary N) is 1. The smallest absolute Gasteiger partial charge is 0.385 e. The molecule has 0 unspecified atom stereocenters. The molecule has 4 rings (SSSR count). The highest BCUT2D eigenvalue weighted by atomic mass is 16.6. The van der Waals surface area contributed by atoms with E-state index in [-0.39, 0.29) is 5.95 Å². The van der Waals surface area contributed by atoms with E-state index in [1.165, 1.54) is 0 Å². The van der Waals surface area contributed by atoms with Crippen LogP contribution in [0.25, 0.3) is 26.8 Å². The molecule has 2 N–H and O–H groups in total. The molecule has 0 fully saturated rings. The lowest BCUT2D eigenvalue weighted by Gasteiger charge is -2.13. The van der Waals surface area contributed by atoms with Crippen molar-refractivity contribution < 1.29 is 9.84 Å². The number of aromatic nitrogens is 1. The van der Waals surface area contributed by atoms with Crippen molar-refractivity contribution in [3.63, 3.8) is 0 Å². The van der Waals surface area contributed by atoms with Gasteiger partial charge in [-0.2, -0.15) is 0 Å². The Kier molecular flexibility index (Phi) is 6.44. The summed E-state index contributed by atoms with van der Waals surface area (Å²) in [4.78, 5) is 7.84. The van der Waals surface area contributed by atoms with Gasteiger partial charge in [-0.05, 0) is 37.5 Å². The van der Waals surface area contributed by atoms with E-state index in [1.54, 1.807) is 18.2 Å². The number of diazo groups is 1. The van der Waals surface area contributed by atoms with Gasteiger partial charge in [-0.25, -0.2) is 4.98 Å². The van der Waals surface area contributed by atoms with Gasteiger partial charge in [-0.3, -0.25) is 0 Å². The van der Waals surface area contributed by atoms with Crippen molar-refractivity contribution in [2.45, 2.75) is 25.7 Å². The van der Waals surface area contributed by atoms with Crippen molar-refractivity contribution in [1.82, 2.24) is 4.98 Å². The summed E-state index contributed by atoms with van der Waals surface area (Å²) in [6.07, 6.45) is 8.83. The molecule has 1 aliphatic carbocycles. The number of pyridine rings is 1. The Bertz CT molecular complexity index is 1170. The summed E-state index contributed by atoms with van der Waals surface area (Å²) in [5.74, 6) is -0.131. The number of hydrogen-bond donors (Lipinski definition) is 2. The monoisotopic (exact) mass is 413 g/mol. The fourth-order valence-electron chi connectivity index (χ4n) is 3.70. The van der Waals surface area contributed by atoms with E-state index in [0.717, 1.165) is 59.7 Å². The van der Waals surface area contributed by atoms with Crippen LogP contribution in [0, 0.1) is 5.39 Å². The average molecular weight is 414 g/mol. The van der Waals surface area contributed by atoms with Crippen LogP contribution < -0.4 is 5.32 Å². The van der Waals surface area contributed by atoms with Crippen LogP contribution in [0.2, 0.25) is 0 Å². The summed E-state index contributed by atoms with van der Waals surface area (Å²) in [6, 6.07) is 16.5. The second-order valence-electron chi connectivity index (χ2n) is 7.47. The zero-order valence-electron chi connectivity index (χ0n) is 17.3. The third kappa shape index (κ3) is 4.84. The highest BCUT2D eigenvalue weighted by Crippen LogP contribution is 2.30. The molecule has 2 aromatic carbocycles. The Hall–Kier alpha value is -3.85. The van der Waals surface area contributed by atoms with E-state index in [1.807, 2.05) is 36.4 Å². The summed E-state index contributed by atoms with van der Waals surface area (Å²) in [5, 5.41) is 24.5. The van der Waals surface area contributed by atoms with E-state index in [4.69, 9.17) is 15.1 Å². The van der Waals surface area contributed by atoms with Crippen molar-refractivity contribution in [2.75, 3.05) is 18.5 Å². The summed E-state index contributed by atoms with van der Waals surface area (Å²) >= 11 is 0. The van der Waals surface area contributed by atoms with E-state index < -0.39 is 0 Å². The molecule has 0 saturated carbocycles. The van der Waals surface area contributed by atoms with Gasteiger partial charge in [0.05, 0.1) is 28.9 Å². The number of nitrogens with zero attached hydrogens (tertiary/aromatic N) is 3. The summed E-state index contributed by atoms with van der Waals surface area (Å²) in [5.41, 5.74) is 4.07. The number of rotatable bonds is 9. The molecule has 0 radical (unpaired) electrons. The van der Waals surface area contributed by atoms with E-state index in [0.29, 0.717) is 17.9 Å². The Morgan fingerprint density at radius 3 is 2.29 bits per heavy atom. The maximum Gasteiger partial charge on any atom is 0.385 e. The molecular weight excluding hydrogens is 388 g/mol. The molecule has 0 spiro atoms. The first-order valence-electron chi connectivity index (χ1n) is 10.6. The Morgan fingerprint density at radius 2 is 1.61 bits per heavy atom. The van der Waals surface area contributed by atoms with Gasteiger partial charge in [0.2, 0.25) is 5.39 Å². The van der Waals surface area contributed by atoms with Crippen LogP contribution in [0.5, 0.6) is 0 Å². The second-order valence-corrected chi connectivity index (χ2v) is 7.47. The first-order chi connectivity index (χ1) is 15.3. The third-order valence-corrected chi connectivity index (χ3v) is 5.30. The van der Waals surface area contributed by atoms with Crippen molar-refractivity contribution in [2.24, 2.45) is 0 Å². The number of para-hydroxylation sites is 2. The van der Waals surface area contributed by atoms with Crippen molar-refractivity contribution in [1.29, 1.82) is 5.39 Å². The number of ether oxygens (including phenoxy) is 1. The molecule has 0 atom stereocenters. The molecule has 1 aliphatic rings. The molecule has 31 heavy (non-hydrogen) atoms. The largest absolute Gasteiger partial charge is 0.481 e. The number of benzene rings is 2. The SMILES string of the molecule is N#[N+]C1=C/C(=C(\O)OCCCCCCNc2c3ccccc3nc3ccccc23)C=C1. The summed E-state index contributed by atoms with van der Waals surface area (Å²) < 4.78 is 5.38. The van der Waals surface area contributed by atoms with Gasteiger partial charge in [0, 0.05) is 29.5 Å². The van der Waals surface area contributed by atoms with Crippen LogP contribution in [0.4, 0.5) is 5.69 Å². The van der Waals surface area contributed by atoms with E-state index in [2.05, 4.69) is 22.4 Å². The van der Waals surface area contributed by atoms with E-state index in [9.17, 15) is 5.11 Å². The molecule has 0 amide bonds. The molecule has 156 valence electrons. The topological polar surface area (TPSA) is 82.5 Å². The number of aliphatic hydroxyl groups is 1. The fraction of sp³-hybridized carbons (Fsp3) is 0.240. The zero-order valence-corrected chi connectivity index (χ0v) is 17.3. The average Bonchev–Trinajstić information content (AvgIpc) is 3.29. The first kappa shape index (κ1) is 20.4. The maximum atomic E-state index is 9.93. The third-order valence-electron chi connectivity index (χ3n) is 5.30. The summed E-state index contributed by atoms with van der Waals surface area (Å²) in [6.45, 7) is 1.34. The van der Waals surface area contributed by atoms with Crippen LogP contribution in [0.15, 0.2) is 84.0 Å². The maximum absolute atomic E-state index is 9.93. The molecule has 0 aliphatic heterocycles. The van der Waals surface area contributed by atoms with Gasteiger partial charge in [-0.15, -0.1) is 0 Å². The molecular formula is C25H25N4O2+. The molecule has 1 aromatic heterocycles. The van der Waals surface area contributed by atoms with Crippen molar-refractivity contribution in [3.05, 3.63) is 89.0 Å². The lowest BCUT2D eigenvalue weighted by molar-refractivity contribution is 0.0885. The molecule has 0 bridgehead atoms. The van der Waals surface area contributed by atoms with Crippen LogP contribution in [-0.2, 0) is 4.74 Å². The molecule has 0 saturated heterocycles. The highest BCUT2D eigenvalue weighted by molar-refractivity contribution is 6.07. The minimum absolute atomic E-state index is 0.131. The van der Waals surface area contributed by atoms with Crippen molar-refractivity contribution in [3.8, 4) is 0 Å². The normalized spacial score (nSPS) is 14.5. The predicted octanol–water partition coefficient (Wildman–Crippen LogP) is 6.45. The zero-order chi connectivity index (χ0) is 21.5. The van der Waals surface area contributed by atoms with Crippen molar-refractivity contribution >= 4 is 27.5 Å². The van der Waals surface area contributed by atoms with Crippen LogP contribution >= 0.6 is 0 Å². The number of allylic oxidation sites excluding steroid dienone is 4. The van der Waals surface area contributed by atoms with Crippen LogP contribution in [0.1, 0.15) is 25.7 Å². The van der Waals surface area contributed by atoms with Crippen LogP contribution in [0.3, 0.4) is 0 Å². The van der Waals surface area contributed by atoms with E-state index >= 15 is 0 Å². The quantitative estimate of drug-likeness (QED) is 0.182. The van der Waals surface area contributed by atoms with Gasteiger partial charge in [0.25, 0.3) is 5.95 Å². The lowest BCUT2D eigenvalue weighted by atomic mass is 10.1. The highest BCUT2D eigenvalue weighted by Gasteiger charge is 2.16. The number of aliphatic hydroxyl groups excluding tert-OH is 1. The molecule has 6 heteroatoms. The first-order valence-corrected chi connectivity index (χ1v) is 10.6. The Morgan fingerprint density at radius 1 is 0.935 bits per heavy atom. The number of anilines is 1. The lowest BCUT2D eigenvalue weighted by Crippen LogP contribution is -2.04. The molecule has 3 aromatic rings.